The predicted molar refractivity (Wildman–Crippen MR) is 107 cm³/mol. The molecule has 2 aromatic carbocycles. The molecule has 0 N–H and O–H groups in total. The molecule has 0 amide bonds. The van der Waals surface area contributed by atoms with Crippen molar-refractivity contribution in [1.29, 1.82) is 0 Å². The summed E-state index contributed by atoms with van der Waals surface area (Å²) in [6.07, 6.45) is 9.49. The Morgan fingerprint density at radius 1 is 0.862 bits per heavy atom. The fourth-order valence-corrected chi connectivity index (χ4v) is 4.44. The van der Waals surface area contributed by atoms with E-state index in [1.54, 1.807) is 6.07 Å². The Labute approximate surface area is 170 Å². The van der Waals surface area contributed by atoms with Crippen LogP contribution in [0.15, 0.2) is 30.3 Å². The Kier molecular flexibility index (Phi) is 7.57. The van der Waals surface area contributed by atoms with E-state index in [1.165, 1.54) is 44.6 Å². The summed E-state index contributed by atoms with van der Waals surface area (Å²) >= 11 is 0. The quantitative estimate of drug-likeness (QED) is 0.408. The van der Waals surface area contributed by atoms with Crippen LogP contribution in [0.25, 0.3) is 11.1 Å². The van der Waals surface area contributed by atoms with E-state index in [4.69, 9.17) is 0 Å². The van der Waals surface area contributed by atoms with Crippen molar-refractivity contribution in [1.82, 2.24) is 0 Å². The van der Waals surface area contributed by atoms with Gasteiger partial charge in [0.2, 0.25) is 6.86 Å². The van der Waals surface area contributed by atoms with E-state index in [9.17, 15) is 17.6 Å². The van der Waals surface area contributed by atoms with Crippen LogP contribution in [0.5, 0.6) is 5.75 Å². The highest BCUT2D eigenvalue weighted by molar-refractivity contribution is 5.65. The molecule has 1 saturated carbocycles. The molecule has 29 heavy (non-hydrogen) atoms. The highest BCUT2D eigenvalue weighted by atomic mass is 19.1. The number of alkyl halides is 1. The molecule has 0 aliphatic heterocycles. The van der Waals surface area contributed by atoms with Gasteiger partial charge in [0, 0.05) is 5.56 Å². The van der Waals surface area contributed by atoms with E-state index in [0.29, 0.717) is 5.92 Å². The van der Waals surface area contributed by atoms with Gasteiger partial charge in [-0.25, -0.2) is 17.6 Å². The number of benzene rings is 2. The van der Waals surface area contributed by atoms with Gasteiger partial charge in [0.1, 0.15) is 5.82 Å². The van der Waals surface area contributed by atoms with Crippen LogP contribution >= 0.6 is 0 Å². The van der Waals surface area contributed by atoms with Gasteiger partial charge in [-0.3, -0.25) is 0 Å². The van der Waals surface area contributed by atoms with Crippen molar-refractivity contribution in [2.24, 2.45) is 11.8 Å². The SMILES string of the molecule is CCCC1CCC(CCc2ccc(-c3cc(F)c(OCF)c(F)c3)c(F)c2)CC1. The van der Waals surface area contributed by atoms with Gasteiger partial charge in [0.15, 0.2) is 17.4 Å². The van der Waals surface area contributed by atoms with Gasteiger partial charge in [-0.2, -0.15) is 0 Å². The second kappa shape index (κ2) is 10.1. The minimum atomic E-state index is -1.34. The first-order valence-electron chi connectivity index (χ1n) is 10.5. The number of hydrogen-bond donors (Lipinski definition) is 0. The summed E-state index contributed by atoms with van der Waals surface area (Å²) in [4.78, 5) is 0. The molecular formula is C24H28F4O. The minimum Gasteiger partial charge on any atom is -0.457 e. The fourth-order valence-electron chi connectivity index (χ4n) is 4.44. The standard InChI is InChI=1S/C24H28F4O/c1-2-3-16-4-6-17(7-5-16)8-9-18-10-11-20(21(26)12-18)19-13-22(27)24(29-15-25)23(28)14-19/h10-14,16-17H,2-9,15H2,1H3. The zero-order chi connectivity index (χ0) is 20.8. The molecule has 0 spiro atoms. The van der Waals surface area contributed by atoms with Crippen molar-refractivity contribution in [3.63, 3.8) is 0 Å². The summed E-state index contributed by atoms with van der Waals surface area (Å²) in [6.45, 7) is 0.899. The lowest BCUT2D eigenvalue weighted by Gasteiger charge is -2.28. The molecular weight excluding hydrogens is 380 g/mol. The fraction of sp³-hybridized carbons (Fsp3) is 0.500. The van der Waals surface area contributed by atoms with Gasteiger partial charge in [0.25, 0.3) is 0 Å². The second-order valence-corrected chi connectivity index (χ2v) is 8.05. The number of hydrogen-bond acceptors (Lipinski definition) is 1. The van der Waals surface area contributed by atoms with E-state index >= 15 is 0 Å². The third kappa shape index (κ3) is 5.52. The van der Waals surface area contributed by atoms with Gasteiger partial charge < -0.3 is 4.74 Å². The average Bonchev–Trinajstić information content (AvgIpc) is 2.70. The molecule has 3 rings (SSSR count). The van der Waals surface area contributed by atoms with Crippen LogP contribution in [0.3, 0.4) is 0 Å². The van der Waals surface area contributed by atoms with Crippen molar-refractivity contribution in [3.05, 3.63) is 53.3 Å². The van der Waals surface area contributed by atoms with Crippen LogP contribution in [0, 0.1) is 29.3 Å². The minimum absolute atomic E-state index is 0.0597. The zero-order valence-corrected chi connectivity index (χ0v) is 16.8. The lowest BCUT2D eigenvalue weighted by atomic mass is 9.78. The molecule has 1 nitrogen and oxygen atoms in total. The molecule has 1 fully saturated rings. The summed E-state index contributed by atoms with van der Waals surface area (Å²) in [7, 11) is 0. The van der Waals surface area contributed by atoms with Crippen molar-refractivity contribution < 1.29 is 22.3 Å². The maximum atomic E-state index is 14.6. The third-order valence-corrected chi connectivity index (χ3v) is 6.05. The number of rotatable bonds is 8. The lowest BCUT2D eigenvalue weighted by molar-refractivity contribution is 0.176. The molecule has 158 valence electrons. The van der Waals surface area contributed by atoms with Gasteiger partial charge in [-0.15, -0.1) is 0 Å². The zero-order valence-electron chi connectivity index (χ0n) is 16.8. The lowest BCUT2D eigenvalue weighted by Crippen LogP contribution is -2.15. The average molecular weight is 408 g/mol. The van der Waals surface area contributed by atoms with E-state index < -0.39 is 30.1 Å². The predicted octanol–water partition coefficient (Wildman–Crippen LogP) is 7.62. The Hall–Kier alpha value is -2.04. The second-order valence-electron chi connectivity index (χ2n) is 8.05. The maximum Gasteiger partial charge on any atom is 0.228 e. The third-order valence-electron chi connectivity index (χ3n) is 6.05. The van der Waals surface area contributed by atoms with E-state index in [2.05, 4.69) is 11.7 Å². The van der Waals surface area contributed by atoms with Crippen molar-refractivity contribution in [2.75, 3.05) is 6.86 Å². The molecule has 1 aliphatic carbocycles. The van der Waals surface area contributed by atoms with Crippen LogP contribution in [-0.2, 0) is 6.42 Å². The topological polar surface area (TPSA) is 9.23 Å². The monoisotopic (exact) mass is 408 g/mol. The summed E-state index contributed by atoms with van der Waals surface area (Å²) in [5, 5.41) is 0. The summed E-state index contributed by atoms with van der Waals surface area (Å²) < 4.78 is 59.0. The normalized spacial score (nSPS) is 19.3. The van der Waals surface area contributed by atoms with Crippen LogP contribution in [0.4, 0.5) is 17.6 Å². The largest absolute Gasteiger partial charge is 0.457 e. The van der Waals surface area contributed by atoms with Crippen LogP contribution in [0.1, 0.15) is 57.4 Å². The summed E-state index contributed by atoms with van der Waals surface area (Å²) in [5.41, 5.74) is 1.06. The first kappa shape index (κ1) is 21.7. The van der Waals surface area contributed by atoms with Gasteiger partial charge in [-0.1, -0.05) is 57.6 Å². The number of halogens is 4. The molecule has 1 aliphatic rings. The Bertz CT molecular complexity index is 790. The van der Waals surface area contributed by atoms with Crippen molar-refractivity contribution in [3.8, 4) is 16.9 Å². The highest BCUT2D eigenvalue weighted by Gasteiger charge is 2.21. The van der Waals surface area contributed by atoms with Gasteiger partial charge >= 0.3 is 0 Å². The molecule has 0 aromatic heterocycles. The molecule has 0 heterocycles. The molecule has 2 aromatic rings. The Morgan fingerprint density at radius 3 is 2.03 bits per heavy atom. The van der Waals surface area contributed by atoms with E-state index in [0.717, 1.165) is 36.5 Å². The van der Waals surface area contributed by atoms with Crippen LogP contribution < -0.4 is 4.74 Å². The van der Waals surface area contributed by atoms with Gasteiger partial charge in [0.05, 0.1) is 0 Å². The number of aryl methyl sites for hydroxylation is 1. The van der Waals surface area contributed by atoms with Crippen molar-refractivity contribution >= 4 is 0 Å². The van der Waals surface area contributed by atoms with Gasteiger partial charge in [-0.05, 0) is 54.0 Å². The summed E-state index contributed by atoms with van der Waals surface area (Å²) in [5.74, 6) is -1.86. The van der Waals surface area contributed by atoms with E-state index in [1.807, 2.05) is 6.07 Å². The first-order valence-corrected chi connectivity index (χ1v) is 10.5. The smallest absolute Gasteiger partial charge is 0.228 e. The molecule has 0 unspecified atom stereocenters. The number of ether oxygens (including phenoxy) is 1. The van der Waals surface area contributed by atoms with Crippen LogP contribution in [0.2, 0.25) is 0 Å². The molecule has 0 bridgehead atoms. The van der Waals surface area contributed by atoms with E-state index in [-0.39, 0.29) is 11.1 Å². The molecule has 0 saturated heterocycles. The Balaban J connectivity index is 1.64. The Morgan fingerprint density at radius 2 is 1.48 bits per heavy atom. The first-order chi connectivity index (χ1) is 14.0. The van der Waals surface area contributed by atoms with Crippen molar-refractivity contribution in [2.45, 2.75) is 58.3 Å². The molecule has 5 heteroatoms. The highest BCUT2D eigenvalue weighted by Crippen LogP contribution is 2.35. The van der Waals surface area contributed by atoms with Crippen LogP contribution in [-0.4, -0.2) is 6.86 Å². The molecule has 0 atom stereocenters. The summed E-state index contributed by atoms with van der Waals surface area (Å²) in [6, 6.07) is 6.72. The molecule has 0 radical (unpaired) electrons. The maximum absolute atomic E-state index is 14.6.